The van der Waals surface area contributed by atoms with Gasteiger partial charge in [0.2, 0.25) is 11.7 Å². The summed E-state index contributed by atoms with van der Waals surface area (Å²) in [7, 11) is 0. The fourth-order valence-corrected chi connectivity index (χ4v) is 3.40. The van der Waals surface area contributed by atoms with Crippen LogP contribution in [0.1, 0.15) is 63.7 Å². The third-order valence-electron chi connectivity index (χ3n) is 5.10. The highest BCUT2D eigenvalue weighted by Crippen LogP contribution is 2.12. The minimum absolute atomic E-state index is 0.0313. The van der Waals surface area contributed by atoms with Crippen LogP contribution in [0.5, 0.6) is 0 Å². The lowest BCUT2D eigenvalue weighted by Crippen LogP contribution is -2.52. The number of carbonyl (C=O) groups excluding carboxylic acids is 3. The molecule has 11 heteroatoms. The van der Waals surface area contributed by atoms with E-state index in [0.717, 1.165) is 10.2 Å². The Balaban J connectivity index is 2.11. The topological polar surface area (TPSA) is 142 Å². The molecule has 0 saturated carbocycles. The van der Waals surface area contributed by atoms with Crippen LogP contribution in [0, 0.1) is 11.8 Å². The van der Waals surface area contributed by atoms with Gasteiger partial charge in [0.15, 0.2) is 0 Å². The standard InChI is InChI=1S/C25H36N4O7/c1-6-34-15-29-25(33)36-23(28-29)21(30)19(12-16(2)3)26-22(31)20(13-17(4)5)27-24(32)35-14-18-10-8-7-9-11-18/h7-11,16-17,19-20H,6,12-15H2,1-5H3,(H,26,31)(H,27,32). The zero-order valence-corrected chi connectivity index (χ0v) is 21.5. The van der Waals surface area contributed by atoms with Crippen LogP contribution < -0.4 is 16.4 Å². The molecule has 2 rings (SSSR count). The van der Waals surface area contributed by atoms with E-state index in [-0.39, 0.29) is 31.6 Å². The normalized spacial score (nSPS) is 12.9. The van der Waals surface area contributed by atoms with Crippen LogP contribution in [-0.4, -0.2) is 46.3 Å². The second kappa shape index (κ2) is 14.2. The van der Waals surface area contributed by atoms with E-state index in [0.29, 0.717) is 13.0 Å². The molecule has 2 amide bonds. The Morgan fingerprint density at radius 1 is 1.00 bits per heavy atom. The third kappa shape index (κ3) is 9.29. The summed E-state index contributed by atoms with van der Waals surface area (Å²) in [6, 6.07) is 7.23. The molecule has 11 nitrogen and oxygen atoms in total. The van der Waals surface area contributed by atoms with Crippen molar-refractivity contribution in [3.05, 3.63) is 52.3 Å². The lowest BCUT2D eigenvalue weighted by Gasteiger charge is -2.24. The van der Waals surface area contributed by atoms with Gasteiger partial charge in [-0.15, -0.1) is 5.10 Å². The summed E-state index contributed by atoms with van der Waals surface area (Å²) in [4.78, 5) is 50.7. The molecule has 0 aliphatic heterocycles. The first kappa shape index (κ1) is 28.8. The lowest BCUT2D eigenvalue weighted by molar-refractivity contribution is -0.124. The fourth-order valence-electron chi connectivity index (χ4n) is 3.40. The lowest BCUT2D eigenvalue weighted by atomic mass is 9.98. The summed E-state index contributed by atoms with van der Waals surface area (Å²) >= 11 is 0. The molecule has 0 aliphatic carbocycles. The van der Waals surface area contributed by atoms with E-state index < -0.39 is 41.5 Å². The Morgan fingerprint density at radius 2 is 1.64 bits per heavy atom. The maximum absolute atomic E-state index is 13.2. The van der Waals surface area contributed by atoms with Gasteiger partial charge in [0.1, 0.15) is 19.4 Å². The van der Waals surface area contributed by atoms with E-state index in [2.05, 4.69) is 15.7 Å². The molecule has 1 aromatic carbocycles. The Labute approximate surface area is 210 Å². The van der Waals surface area contributed by atoms with E-state index >= 15 is 0 Å². The van der Waals surface area contributed by atoms with Crippen LogP contribution in [0.15, 0.2) is 39.5 Å². The number of hydrogen-bond donors (Lipinski definition) is 2. The van der Waals surface area contributed by atoms with Gasteiger partial charge < -0.3 is 24.5 Å². The molecule has 0 bridgehead atoms. The third-order valence-corrected chi connectivity index (χ3v) is 5.10. The van der Waals surface area contributed by atoms with Crippen molar-refractivity contribution in [2.24, 2.45) is 11.8 Å². The molecule has 0 fully saturated rings. The SMILES string of the molecule is CCOCn1nc(C(=O)C(CC(C)C)NC(=O)C(CC(C)C)NC(=O)OCc2ccccc2)oc1=O. The maximum Gasteiger partial charge on any atom is 0.439 e. The molecule has 198 valence electrons. The van der Waals surface area contributed by atoms with Gasteiger partial charge in [-0.1, -0.05) is 58.0 Å². The smallest absolute Gasteiger partial charge is 0.439 e. The number of ether oxygens (including phenoxy) is 2. The van der Waals surface area contributed by atoms with Crippen LogP contribution in [0.25, 0.3) is 0 Å². The molecule has 2 unspecified atom stereocenters. The van der Waals surface area contributed by atoms with Gasteiger partial charge in [-0.25, -0.2) is 9.59 Å². The van der Waals surface area contributed by atoms with Crippen LogP contribution in [0.4, 0.5) is 4.79 Å². The number of Topliss-reactive ketones (excluding diaryl/α,β-unsaturated/α-hetero) is 1. The van der Waals surface area contributed by atoms with Gasteiger partial charge >= 0.3 is 11.8 Å². The molecular weight excluding hydrogens is 468 g/mol. The fraction of sp³-hybridized carbons (Fsp3) is 0.560. The molecule has 1 aromatic heterocycles. The predicted molar refractivity (Wildman–Crippen MR) is 131 cm³/mol. The van der Waals surface area contributed by atoms with E-state index in [1.807, 2.05) is 58.0 Å². The largest absolute Gasteiger partial charge is 0.445 e. The predicted octanol–water partition coefficient (Wildman–Crippen LogP) is 2.88. The number of aromatic nitrogens is 2. The first-order chi connectivity index (χ1) is 17.1. The van der Waals surface area contributed by atoms with E-state index in [9.17, 15) is 19.2 Å². The number of hydrogen-bond acceptors (Lipinski definition) is 8. The number of nitrogens with one attached hydrogen (secondary N) is 2. The van der Waals surface area contributed by atoms with Gasteiger partial charge in [-0.3, -0.25) is 9.59 Å². The molecule has 0 saturated heterocycles. The Bertz CT molecular complexity index is 1050. The summed E-state index contributed by atoms with van der Waals surface area (Å²) in [5, 5.41) is 9.20. The minimum Gasteiger partial charge on any atom is -0.445 e. The number of nitrogens with zero attached hydrogens (tertiary/aromatic N) is 2. The second-order valence-corrected chi connectivity index (χ2v) is 9.24. The summed E-state index contributed by atoms with van der Waals surface area (Å²) in [5.74, 6) is -2.33. The molecule has 36 heavy (non-hydrogen) atoms. The molecule has 2 aromatic rings. The van der Waals surface area contributed by atoms with Gasteiger partial charge in [-0.05, 0) is 37.2 Å². The summed E-state index contributed by atoms with van der Waals surface area (Å²) in [5.41, 5.74) is 0.811. The molecule has 0 aliphatic rings. The summed E-state index contributed by atoms with van der Waals surface area (Å²) in [6.45, 7) is 9.61. The average molecular weight is 505 g/mol. The van der Waals surface area contributed by atoms with Gasteiger partial charge in [-0.2, -0.15) is 4.68 Å². The Morgan fingerprint density at radius 3 is 2.25 bits per heavy atom. The van der Waals surface area contributed by atoms with Crippen molar-refractivity contribution in [1.29, 1.82) is 0 Å². The number of alkyl carbamates (subject to hydrolysis) is 1. The van der Waals surface area contributed by atoms with Crippen molar-refractivity contribution in [2.75, 3.05) is 6.61 Å². The minimum atomic E-state index is -1.01. The first-order valence-electron chi connectivity index (χ1n) is 12.1. The van der Waals surface area contributed by atoms with Crippen molar-refractivity contribution < 1.29 is 28.3 Å². The highest BCUT2D eigenvalue weighted by Gasteiger charge is 2.31. The molecule has 0 spiro atoms. The van der Waals surface area contributed by atoms with E-state index in [1.54, 1.807) is 6.92 Å². The second-order valence-electron chi connectivity index (χ2n) is 9.24. The quantitative estimate of drug-likeness (QED) is 0.374. The maximum atomic E-state index is 13.2. The van der Waals surface area contributed by atoms with Crippen molar-refractivity contribution in [2.45, 2.75) is 72.9 Å². The summed E-state index contributed by atoms with van der Waals surface area (Å²) < 4.78 is 16.3. The zero-order chi connectivity index (χ0) is 26.7. The van der Waals surface area contributed by atoms with Crippen LogP contribution in [-0.2, 0) is 27.6 Å². The number of rotatable bonds is 14. The number of carbonyl (C=O) groups is 3. The van der Waals surface area contributed by atoms with Crippen molar-refractivity contribution >= 4 is 17.8 Å². The van der Waals surface area contributed by atoms with Crippen LogP contribution in [0.2, 0.25) is 0 Å². The average Bonchev–Trinajstić information content (AvgIpc) is 3.20. The van der Waals surface area contributed by atoms with Gasteiger partial charge in [0.05, 0.1) is 6.04 Å². The van der Waals surface area contributed by atoms with Crippen molar-refractivity contribution in [3.8, 4) is 0 Å². The number of ketones is 1. The van der Waals surface area contributed by atoms with E-state index in [4.69, 9.17) is 13.9 Å². The molecule has 1 heterocycles. The molecular formula is C25H36N4O7. The van der Waals surface area contributed by atoms with Crippen molar-refractivity contribution in [3.63, 3.8) is 0 Å². The number of amides is 2. The first-order valence-corrected chi connectivity index (χ1v) is 12.1. The monoisotopic (exact) mass is 504 g/mol. The molecule has 2 atom stereocenters. The van der Waals surface area contributed by atoms with Crippen LogP contribution in [0.3, 0.4) is 0 Å². The van der Waals surface area contributed by atoms with Crippen molar-refractivity contribution in [1.82, 2.24) is 20.4 Å². The Kier molecular flexibility index (Phi) is 11.3. The van der Waals surface area contributed by atoms with E-state index in [1.165, 1.54) is 0 Å². The molecule has 0 radical (unpaired) electrons. The highest BCUT2D eigenvalue weighted by molar-refractivity contribution is 5.99. The zero-order valence-electron chi connectivity index (χ0n) is 21.5. The van der Waals surface area contributed by atoms with Gasteiger partial charge in [0.25, 0.3) is 5.89 Å². The van der Waals surface area contributed by atoms with Crippen LogP contribution >= 0.6 is 0 Å². The highest BCUT2D eigenvalue weighted by atomic mass is 16.5. The molecule has 2 N–H and O–H groups in total. The number of benzene rings is 1. The van der Waals surface area contributed by atoms with Gasteiger partial charge in [0, 0.05) is 6.61 Å². The Hall–Kier alpha value is -3.47. The summed E-state index contributed by atoms with van der Waals surface area (Å²) in [6.07, 6.45) is -0.140.